The van der Waals surface area contributed by atoms with Gasteiger partial charge in [-0.15, -0.1) is 5.10 Å². The summed E-state index contributed by atoms with van der Waals surface area (Å²) in [6.07, 6.45) is -3.11. The van der Waals surface area contributed by atoms with Gasteiger partial charge >= 0.3 is 6.18 Å². The molecule has 0 amide bonds. The molecule has 1 aliphatic heterocycles. The zero-order valence-electron chi connectivity index (χ0n) is 14.0. The van der Waals surface area contributed by atoms with E-state index in [-0.39, 0.29) is 5.82 Å². The summed E-state index contributed by atoms with van der Waals surface area (Å²) in [5.74, 6) is -0.608. The van der Waals surface area contributed by atoms with E-state index in [4.69, 9.17) is 4.74 Å². The van der Waals surface area contributed by atoms with Crippen molar-refractivity contribution in [2.75, 3.05) is 12.0 Å². The summed E-state index contributed by atoms with van der Waals surface area (Å²) in [6, 6.07) is 15.0. The Hall–Kier alpha value is -2.96. The van der Waals surface area contributed by atoms with Crippen LogP contribution in [0.2, 0.25) is 0 Å². The first kappa shape index (κ1) is 16.5. The fraction of sp³-hybridized carbons (Fsp3) is 0.211. The zero-order chi connectivity index (χ0) is 18.3. The predicted octanol–water partition coefficient (Wildman–Crippen LogP) is 5.01. The number of halogens is 3. The average Bonchev–Trinajstić information content (AvgIpc) is 2.99. The number of aryl methyl sites for hydroxylation is 2. The Bertz CT molecular complexity index is 902. The molecule has 26 heavy (non-hydrogen) atoms. The van der Waals surface area contributed by atoms with E-state index in [9.17, 15) is 13.2 Å². The van der Waals surface area contributed by atoms with Gasteiger partial charge in [0, 0.05) is 0 Å². The molecule has 0 fully saturated rings. The number of H-pyrrole nitrogens is 1. The quantitative estimate of drug-likeness (QED) is 0.700. The lowest BCUT2D eigenvalue weighted by Crippen LogP contribution is -2.17. The lowest BCUT2D eigenvalue weighted by Gasteiger charge is -2.26. The van der Waals surface area contributed by atoms with E-state index >= 15 is 0 Å². The van der Waals surface area contributed by atoms with Gasteiger partial charge in [-0.1, -0.05) is 36.4 Å². The van der Waals surface area contributed by atoms with Gasteiger partial charge in [-0.2, -0.15) is 13.2 Å². The number of methoxy groups -OCH3 is 1. The van der Waals surface area contributed by atoms with Crippen molar-refractivity contribution in [2.45, 2.75) is 19.0 Å². The third-order valence-corrected chi connectivity index (χ3v) is 4.54. The summed E-state index contributed by atoms with van der Waals surface area (Å²) in [5, 5.41) is 6.29. The van der Waals surface area contributed by atoms with E-state index in [2.05, 4.69) is 10.2 Å². The highest BCUT2D eigenvalue weighted by atomic mass is 19.4. The number of para-hydroxylation sites is 2. The number of nitrogens with zero attached hydrogens (tertiary/aromatic N) is 2. The van der Waals surface area contributed by atoms with Gasteiger partial charge in [-0.3, -0.25) is 10.00 Å². The number of ether oxygens (including phenoxy) is 1. The average molecular weight is 359 g/mol. The predicted molar refractivity (Wildman–Crippen MR) is 92.2 cm³/mol. The first-order valence-electron chi connectivity index (χ1n) is 8.16. The number of aromatic amines is 1. The van der Waals surface area contributed by atoms with Crippen molar-refractivity contribution >= 4 is 17.2 Å². The largest absolute Gasteiger partial charge is 0.479 e. The number of hydrogen-bond acceptors (Lipinski definition) is 3. The molecule has 7 heteroatoms. The van der Waals surface area contributed by atoms with Crippen molar-refractivity contribution in [1.29, 1.82) is 0 Å². The van der Waals surface area contributed by atoms with Crippen LogP contribution in [0.3, 0.4) is 0 Å². The third kappa shape index (κ3) is 2.60. The number of fused-ring (bicyclic) bond motifs is 2. The van der Waals surface area contributed by atoms with Gasteiger partial charge in [0.1, 0.15) is 5.82 Å². The Morgan fingerprint density at radius 2 is 1.50 bits per heavy atom. The van der Waals surface area contributed by atoms with Crippen molar-refractivity contribution in [3.8, 4) is 5.88 Å². The molecule has 0 unspecified atom stereocenters. The molecule has 0 radical (unpaired) electrons. The van der Waals surface area contributed by atoms with E-state index in [1.165, 1.54) is 7.11 Å². The fourth-order valence-corrected chi connectivity index (χ4v) is 3.40. The summed E-state index contributed by atoms with van der Waals surface area (Å²) < 4.78 is 46.2. The molecule has 1 aromatic heterocycles. The number of rotatable bonds is 2. The molecule has 0 atom stereocenters. The number of aromatic nitrogens is 2. The molecule has 4 rings (SSSR count). The molecule has 0 bridgehead atoms. The molecule has 4 nitrogen and oxygen atoms in total. The standard InChI is InChI=1S/C19H16F3N3O/c1-26-18-16(19(20,21)22)17(23-24-18)25-14-8-4-2-6-12(14)10-11-13-7-3-5-9-15(13)25/h2-9H,10-11H2,1H3,(H,23,24). The highest BCUT2D eigenvalue weighted by Gasteiger charge is 2.42. The Morgan fingerprint density at radius 3 is 2.00 bits per heavy atom. The molecular weight excluding hydrogens is 343 g/mol. The molecular formula is C19H16F3N3O. The number of anilines is 3. The minimum atomic E-state index is -4.61. The first-order valence-corrected chi connectivity index (χ1v) is 8.16. The Morgan fingerprint density at radius 1 is 0.962 bits per heavy atom. The Balaban J connectivity index is 2.02. The summed E-state index contributed by atoms with van der Waals surface area (Å²) in [7, 11) is 1.18. The maximum absolute atomic E-state index is 13.8. The molecule has 0 saturated carbocycles. The summed E-state index contributed by atoms with van der Waals surface area (Å²) in [4.78, 5) is 1.59. The highest BCUT2D eigenvalue weighted by Crippen LogP contribution is 2.48. The van der Waals surface area contributed by atoms with Crippen LogP contribution in [0, 0.1) is 0 Å². The van der Waals surface area contributed by atoms with E-state index < -0.39 is 17.6 Å². The van der Waals surface area contributed by atoms with Crippen LogP contribution in [0.4, 0.5) is 30.4 Å². The van der Waals surface area contributed by atoms with Crippen molar-refractivity contribution in [2.24, 2.45) is 0 Å². The van der Waals surface area contributed by atoms with E-state index in [1.54, 1.807) is 4.90 Å². The number of benzene rings is 2. The summed E-state index contributed by atoms with van der Waals surface area (Å²) >= 11 is 0. The Kier molecular flexibility index (Phi) is 3.86. The van der Waals surface area contributed by atoms with Crippen molar-refractivity contribution in [3.05, 3.63) is 65.2 Å². The van der Waals surface area contributed by atoms with Crippen LogP contribution in [0.25, 0.3) is 0 Å². The molecule has 0 saturated heterocycles. The van der Waals surface area contributed by atoms with Gasteiger partial charge < -0.3 is 4.74 Å². The van der Waals surface area contributed by atoms with Crippen LogP contribution in [0.15, 0.2) is 48.5 Å². The maximum atomic E-state index is 13.8. The van der Waals surface area contributed by atoms with Crippen molar-refractivity contribution in [1.82, 2.24) is 10.2 Å². The third-order valence-electron chi connectivity index (χ3n) is 4.54. The van der Waals surface area contributed by atoms with Crippen LogP contribution >= 0.6 is 0 Å². The van der Waals surface area contributed by atoms with E-state index in [1.807, 2.05) is 48.5 Å². The van der Waals surface area contributed by atoms with Gasteiger partial charge in [0.05, 0.1) is 18.5 Å². The van der Waals surface area contributed by atoms with Crippen molar-refractivity contribution in [3.63, 3.8) is 0 Å². The van der Waals surface area contributed by atoms with Gasteiger partial charge in [-0.25, -0.2) is 0 Å². The van der Waals surface area contributed by atoms with Gasteiger partial charge in [0.15, 0.2) is 5.56 Å². The molecule has 2 heterocycles. The van der Waals surface area contributed by atoms with Gasteiger partial charge in [-0.05, 0) is 36.1 Å². The van der Waals surface area contributed by atoms with Crippen molar-refractivity contribution < 1.29 is 17.9 Å². The minimum Gasteiger partial charge on any atom is -0.479 e. The maximum Gasteiger partial charge on any atom is 0.425 e. The number of nitrogens with one attached hydrogen (secondary N) is 1. The minimum absolute atomic E-state index is 0.142. The topological polar surface area (TPSA) is 41.1 Å². The van der Waals surface area contributed by atoms with Crippen LogP contribution in [-0.2, 0) is 19.0 Å². The molecule has 1 N–H and O–H groups in total. The molecule has 0 aliphatic carbocycles. The molecule has 1 aliphatic rings. The monoisotopic (exact) mass is 359 g/mol. The fourth-order valence-electron chi connectivity index (χ4n) is 3.40. The van der Waals surface area contributed by atoms with Crippen LogP contribution in [0.1, 0.15) is 16.7 Å². The zero-order valence-corrected chi connectivity index (χ0v) is 14.0. The lowest BCUT2D eigenvalue weighted by atomic mass is 10.0. The summed E-state index contributed by atoms with van der Waals surface area (Å²) in [6.45, 7) is 0. The second-order valence-electron chi connectivity index (χ2n) is 6.05. The first-order chi connectivity index (χ1) is 12.5. The van der Waals surface area contributed by atoms with Gasteiger partial charge in [0.25, 0.3) is 0 Å². The lowest BCUT2D eigenvalue weighted by molar-refractivity contribution is -0.138. The number of hydrogen-bond donors (Lipinski definition) is 1. The normalized spacial score (nSPS) is 13.8. The van der Waals surface area contributed by atoms with E-state index in [0.29, 0.717) is 11.4 Å². The smallest absolute Gasteiger partial charge is 0.425 e. The molecule has 3 aromatic rings. The van der Waals surface area contributed by atoms with Crippen LogP contribution < -0.4 is 9.64 Å². The van der Waals surface area contributed by atoms with Crippen LogP contribution in [-0.4, -0.2) is 17.3 Å². The molecule has 0 spiro atoms. The Labute approximate surface area is 148 Å². The molecule has 2 aromatic carbocycles. The summed E-state index contributed by atoms with van der Waals surface area (Å²) in [5.41, 5.74) is 2.45. The second kappa shape index (κ2) is 6.09. The highest BCUT2D eigenvalue weighted by molar-refractivity contribution is 5.81. The number of alkyl halides is 3. The van der Waals surface area contributed by atoms with Crippen LogP contribution in [0.5, 0.6) is 5.88 Å². The van der Waals surface area contributed by atoms with Gasteiger partial charge in [0.2, 0.25) is 5.88 Å². The van der Waals surface area contributed by atoms with E-state index in [0.717, 1.165) is 24.0 Å². The molecule has 134 valence electrons. The SMILES string of the molecule is COc1n[nH]c(N2c3ccccc3CCc3ccccc32)c1C(F)(F)F. The second-order valence-corrected chi connectivity index (χ2v) is 6.05.